The lowest BCUT2D eigenvalue weighted by Crippen LogP contribution is -2.39. The maximum Gasteiger partial charge on any atom is 0.314 e. The Morgan fingerprint density at radius 3 is 2.67 bits per heavy atom. The van der Waals surface area contributed by atoms with Gasteiger partial charge in [-0.2, -0.15) is 0 Å². The molecule has 0 fully saturated rings. The van der Waals surface area contributed by atoms with Gasteiger partial charge in [0.05, 0.1) is 13.2 Å². The van der Waals surface area contributed by atoms with Gasteiger partial charge in [-0.15, -0.1) is 0 Å². The highest BCUT2D eigenvalue weighted by Gasteiger charge is 2.06. The van der Waals surface area contributed by atoms with Gasteiger partial charge in [0.2, 0.25) is 0 Å². The van der Waals surface area contributed by atoms with Gasteiger partial charge < -0.3 is 20.5 Å². The Morgan fingerprint density at radius 2 is 2.25 bits per heavy atom. The van der Waals surface area contributed by atoms with Crippen molar-refractivity contribution < 1.29 is 14.6 Å². The highest BCUT2D eigenvalue weighted by atomic mass is 16.5. The highest BCUT2D eigenvalue weighted by molar-refractivity contribution is 5.71. The molecule has 0 heterocycles. The lowest BCUT2D eigenvalue weighted by Gasteiger charge is -2.18. The number of hydrogen-bond donors (Lipinski definition) is 2. The summed E-state index contributed by atoms with van der Waals surface area (Å²) in [4.78, 5) is 12.0. The molecular weight excluding hydrogens is 160 g/mol. The summed E-state index contributed by atoms with van der Waals surface area (Å²) in [5.41, 5.74) is 5.03. The second kappa shape index (κ2) is 6.87. The number of nitrogens with two attached hydrogens (primary N) is 1. The van der Waals surface area contributed by atoms with Crippen molar-refractivity contribution in [3.8, 4) is 0 Å². The first kappa shape index (κ1) is 11.2. The fraction of sp³-hybridized carbons (Fsp3) is 0.857. The molecule has 0 aliphatic heterocycles. The third-order valence-corrected chi connectivity index (χ3v) is 1.39. The molecule has 0 spiro atoms. The number of urea groups is 1. The summed E-state index contributed by atoms with van der Waals surface area (Å²) in [5, 5.41) is 8.55. The van der Waals surface area contributed by atoms with E-state index in [0.717, 1.165) is 0 Å². The van der Waals surface area contributed by atoms with E-state index in [0.29, 0.717) is 19.8 Å². The quantitative estimate of drug-likeness (QED) is 0.530. The lowest BCUT2D eigenvalue weighted by molar-refractivity contribution is 0.114. The molecule has 0 saturated carbocycles. The zero-order valence-corrected chi connectivity index (χ0v) is 7.32. The molecule has 0 bridgehead atoms. The van der Waals surface area contributed by atoms with E-state index in [1.807, 2.05) is 6.92 Å². The lowest BCUT2D eigenvalue weighted by atomic mass is 10.5. The number of hydrogen-bond acceptors (Lipinski definition) is 3. The van der Waals surface area contributed by atoms with Crippen molar-refractivity contribution in [2.75, 3.05) is 32.9 Å². The first-order chi connectivity index (χ1) is 5.72. The van der Waals surface area contributed by atoms with Crippen LogP contribution < -0.4 is 5.73 Å². The number of nitrogens with zero attached hydrogens (tertiary/aromatic N) is 1. The maximum atomic E-state index is 10.7. The summed E-state index contributed by atoms with van der Waals surface area (Å²) in [6, 6.07) is -0.524. The largest absolute Gasteiger partial charge is 0.395 e. The highest BCUT2D eigenvalue weighted by Crippen LogP contribution is 1.87. The number of aliphatic hydroxyl groups excluding tert-OH is 1. The molecule has 0 aliphatic rings. The number of carbonyl (C=O) groups is 1. The predicted octanol–water partition coefficient (Wildman–Crippen LogP) is -0.604. The topological polar surface area (TPSA) is 75.8 Å². The third-order valence-electron chi connectivity index (χ3n) is 1.39. The van der Waals surface area contributed by atoms with Crippen LogP contribution in [0.15, 0.2) is 0 Å². The van der Waals surface area contributed by atoms with Gasteiger partial charge in [0.1, 0.15) is 0 Å². The van der Waals surface area contributed by atoms with Gasteiger partial charge in [0, 0.05) is 19.7 Å². The second-order valence-electron chi connectivity index (χ2n) is 2.25. The fourth-order valence-electron chi connectivity index (χ4n) is 0.772. The summed E-state index contributed by atoms with van der Waals surface area (Å²) in [7, 11) is 0. The molecule has 0 aromatic carbocycles. The molecule has 0 aliphatic carbocycles. The van der Waals surface area contributed by atoms with E-state index in [4.69, 9.17) is 15.6 Å². The van der Waals surface area contributed by atoms with Crippen molar-refractivity contribution in [3.05, 3.63) is 0 Å². The molecule has 0 unspecified atom stereocenters. The molecular formula is C7H16N2O3. The minimum atomic E-state index is -0.524. The second-order valence-corrected chi connectivity index (χ2v) is 2.25. The third kappa shape index (κ3) is 4.92. The van der Waals surface area contributed by atoms with Crippen LogP contribution in [-0.2, 0) is 4.74 Å². The van der Waals surface area contributed by atoms with Gasteiger partial charge >= 0.3 is 6.03 Å². The van der Waals surface area contributed by atoms with Crippen molar-refractivity contribution >= 4 is 6.03 Å². The first-order valence-corrected chi connectivity index (χ1v) is 3.95. The number of ether oxygens (including phenoxy) is 1. The molecule has 0 rings (SSSR count). The van der Waals surface area contributed by atoms with E-state index in [2.05, 4.69) is 0 Å². The van der Waals surface area contributed by atoms with E-state index >= 15 is 0 Å². The number of carbonyl (C=O) groups excluding carboxylic acids is 1. The maximum absolute atomic E-state index is 10.7. The smallest absolute Gasteiger partial charge is 0.314 e. The van der Waals surface area contributed by atoms with Crippen molar-refractivity contribution in [2.24, 2.45) is 5.73 Å². The van der Waals surface area contributed by atoms with E-state index in [-0.39, 0.29) is 13.2 Å². The molecule has 72 valence electrons. The molecule has 0 aromatic rings. The first-order valence-electron chi connectivity index (χ1n) is 3.95. The summed E-state index contributed by atoms with van der Waals surface area (Å²) >= 11 is 0. The number of primary amides is 1. The SMILES string of the molecule is CCOCCN(CCO)C(N)=O. The normalized spacial score (nSPS) is 9.83. The standard InChI is InChI=1S/C7H16N2O3/c1-2-12-6-4-9(3-5-10)7(8)11/h10H,2-6H2,1H3,(H2,8,11). The molecule has 2 amide bonds. The van der Waals surface area contributed by atoms with E-state index in [9.17, 15) is 4.79 Å². The average molecular weight is 176 g/mol. The van der Waals surface area contributed by atoms with Crippen LogP contribution in [0.25, 0.3) is 0 Å². The zero-order chi connectivity index (χ0) is 9.40. The average Bonchev–Trinajstić information content (AvgIpc) is 2.03. The molecule has 5 nitrogen and oxygen atoms in total. The van der Waals surface area contributed by atoms with Crippen LogP contribution >= 0.6 is 0 Å². The molecule has 0 aromatic heterocycles. The minimum Gasteiger partial charge on any atom is -0.395 e. The molecule has 0 radical (unpaired) electrons. The Bertz CT molecular complexity index is 130. The van der Waals surface area contributed by atoms with Crippen LogP contribution in [0, 0.1) is 0 Å². The van der Waals surface area contributed by atoms with E-state index in [1.165, 1.54) is 4.90 Å². The van der Waals surface area contributed by atoms with Crippen molar-refractivity contribution in [1.29, 1.82) is 0 Å². The number of amides is 2. The Morgan fingerprint density at radius 1 is 1.58 bits per heavy atom. The van der Waals surface area contributed by atoms with Gasteiger partial charge in [-0.1, -0.05) is 0 Å². The van der Waals surface area contributed by atoms with Crippen LogP contribution in [0.4, 0.5) is 4.79 Å². The van der Waals surface area contributed by atoms with Crippen molar-refractivity contribution in [1.82, 2.24) is 4.90 Å². The summed E-state index contributed by atoms with van der Waals surface area (Å²) in [5.74, 6) is 0. The van der Waals surface area contributed by atoms with Crippen molar-refractivity contribution in [3.63, 3.8) is 0 Å². The molecule has 12 heavy (non-hydrogen) atoms. The van der Waals surface area contributed by atoms with Crippen LogP contribution in [0.2, 0.25) is 0 Å². The monoisotopic (exact) mass is 176 g/mol. The summed E-state index contributed by atoms with van der Waals surface area (Å²) in [6.07, 6.45) is 0. The zero-order valence-electron chi connectivity index (χ0n) is 7.32. The van der Waals surface area contributed by atoms with Gasteiger partial charge in [0.15, 0.2) is 0 Å². The summed E-state index contributed by atoms with van der Waals surface area (Å²) < 4.78 is 5.03. The van der Waals surface area contributed by atoms with Gasteiger partial charge in [0.25, 0.3) is 0 Å². The Hall–Kier alpha value is -0.810. The van der Waals surface area contributed by atoms with Crippen molar-refractivity contribution in [2.45, 2.75) is 6.92 Å². The predicted molar refractivity (Wildman–Crippen MR) is 44.7 cm³/mol. The van der Waals surface area contributed by atoms with Gasteiger partial charge in [-0.05, 0) is 6.92 Å². The van der Waals surface area contributed by atoms with Crippen LogP contribution in [0.5, 0.6) is 0 Å². The summed E-state index contributed by atoms with van der Waals surface area (Å²) in [6.45, 7) is 3.58. The van der Waals surface area contributed by atoms with Crippen LogP contribution in [-0.4, -0.2) is 48.9 Å². The molecule has 0 saturated heterocycles. The van der Waals surface area contributed by atoms with E-state index in [1.54, 1.807) is 0 Å². The van der Waals surface area contributed by atoms with Gasteiger partial charge in [-0.3, -0.25) is 0 Å². The fourth-order valence-corrected chi connectivity index (χ4v) is 0.772. The number of aliphatic hydroxyl groups is 1. The number of rotatable bonds is 6. The molecule has 3 N–H and O–H groups in total. The van der Waals surface area contributed by atoms with E-state index < -0.39 is 6.03 Å². The Kier molecular flexibility index (Phi) is 6.41. The Labute approximate surface area is 72.1 Å². The van der Waals surface area contributed by atoms with Gasteiger partial charge in [-0.25, -0.2) is 4.79 Å². The molecule has 0 atom stereocenters. The Balaban J connectivity index is 3.56. The molecule has 5 heteroatoms. The van der Waals surface area contributed by atoms with Crippen LogP contribution in [0.1, 0.15) is 6.92 Å². The minimum absolute atomic E-state index is 0.0743. The van der Waals surface area contributed by atoms with Crippen LogP contribution in [0.3, 0.4) is 0 Å².